The van der Waals surface area contributed by atoms with Crippen LogP contribution in [0.2, 0.25) is 0 Å². The van der Waals surface area contributed by atoms with Crippen LogP contribution in [0.25, 0.3) is 94.2 Å². The Bertz CT molecular complexity index is 5450. The first-order valence-electron chi connectivity index (χ1n) is 27.4. The Labute approximate surface area is 554 Å². The Balaban J connectivity index is 0.766. The quantitative estimate of drug-likeness (QED) is 0.101. The molecule has 3 aromatic carbocycles. The lowest BCUT2D eigenvalue weighted by Gasteiger charge is -2.19. The molecule has 0 spiro atoms. The third kappa shape index (κ3) is 8.08. The third-order valence-electron chi connectivity index (χ3n) is 17.1. The number of ketones is 2. The molecule has 0 N–H and O–H groups in total. The molecule has 5 aliphatic rings. The first-order chi connectivity index (χ1) is 44.5. The molecule has 1 aliphatic heterocycles. The van der Waals surface area contributed by atoms with Crippen molar-refractivity contribution < 1.29 is 19.1 Å². The molecule has 0 radical (unpaired) electrons. The summed E-state index contributed by atoms with van der Waals surface area (Å²) >= 11 is 11.8. The number of hydrogen-bond donors (Lipinski definition) is 0. The van der Waals surface area contributed by atoms with E-state index in [-0.39, 0.29) is 77.9 Å². The molecule has 10 aromatic rings. The zero-order valence-corrected chi connectivity index (χ0v) is 54.7. The molecular formula is C68H30N12O4S8. The van der Waals surface area contributed by atoms with Crippen LogP contribution in [0.1, 0.15) is 114 Å². The van der Waals surface area contributed by atoms with Crippen molar-refractivity contribution in [3.05, 3.63) is 159 Å². The number of methoxy groups -OCH3 is 2. The maximum atomic E-state index is 14.1. The Morgan fingerprint density at radius 2 is 0.783 bits per heavy atom. The average molecular weight is 1340 g/mol. The van der Waals surface area contributed by atoms with Gasteiger partial charge in [-0.3, -0.25) is 9.59 Å². The molecule has 0 saturated heterocycles. The van der Waals surface area contributed by atoms with E-state index in [0.717, 1.165) is 117 Å². The molecule has 4 aliphatic carbocycles. The van der Waals surface area contributed by atoms with E-state index in [4.69, 9.17) is 26.9 Å². The smallest absolute Gasteiger partial charge is 0.194 e. The van der Waals surface area contributed by atoms with Crippen molar-refractivity contribution in [3.63, 3.8) is 0 Å². The van der Waals surface area contributed by atoms with Crippen molar-refractivity contribution in [2.75, 3.05) is 14.2 Å². The lowest BCUT2D eigenvalue weighted by molar-refractivity contribution is 0.103. The van der Waals surface area contributed by atoms with Crippen LogP contribution in [0.5, 0.6) is 11.5 Å². The summed E-state index contributed by atoms with van der Waals surface area (Å²) in [5.74, 6) is 0.213. The maximum Gasteiger partial charge on any atom is 0.194 e. The van der Waals surface area contributed by atoms with Gasteiger partial charge in [-0.05, 0) is 106 Å². The maximum absolute atomic E-state index is 14.1. The number of carbonyl (C=O) groups is 2. The van der Waals surface area contributed by atoms with E-state index in [1.54, 1.807) is 71.7 Å². The molecule has 16 nitrogen and oxygen atoms in total. The lowest BCUT2D eigenvalue weighted by atomic mass is 9.83. The van der Waals surface area contributed by atoms with Gasteiger partial charge in [0.05, 0.1) is 69.3 Å². The predicted octanol–water partition coefficient (Wildman–Crippen LogP) is 17.7. The number of thiophene rings is 6. The van der Waals surface area contributed by atoms with Gasteiger partial charge in [0, 0.05) is 104 Å². The predicted molar refractivity (Wildman–Crippen MR) is 359 cm³/mol. The fraction of sp³-hybridized carbons (Fsp3) is 0.118. The van der Waals surface area contributed by atoms with Crippen LogP contribution < -0.4 is 9.47 Å². The molecule has 0 amide bonds. The van der Waals surface area contributed by atoms with Crippen molar-refractivity contribution in [2.24, 2.45) is 8.73 Å². The van der Waals surface area contributed by atoms with Crippen molar-refractivity contribution >= 4 is 148 Å². The summed E-state index contributed by atoms with van der Waals surface area (Å²) < 4.78 is 31.9. The number of nitriles is 8. The van der Waals surface area contributed by atoms with Crippen molar-refractivity contribution in [2.45, 2.75) is 38.5 Å². The molecule has 24 heteroatoms. The number of allylic oxidation sites excluding steroid dienone is 6. The Morgan fingerprint density at radius 1 is 0.446 bits per heavy atom. The van der Waals surface area contributed by atoms with E-state index >= 15 is 0 Å². The van der Waals surface area contributed by atoms with Crippen LogP contribution in [0.3, 0.4) is 0 Å². The number of ether oxygens (including phenoxy) is 2. The van der Waals surface area contributed by atoms with Gasteiger partial charge >= 0.3 is 0 Å². The van der Waals surface area contributed by atoms with E-state index < -0.39 is 22.4 Å². The van der Waals surface area contributed by atoms with Gasteiger partial charge in [-0.1, -0.05) is 27.7 Å². The van der Waals surface area contributed by atoms with Gasteiger partial charge < -0.3 is 9.47 Å². The summed E-state index contributed by atoms with van der Waals surface area (Å²) in [5.41, 5.74) is 9.22. The summed E-state index contributed by atoms with van der Waals surface area (Å²) in [6, 6.07) is 33.6. The topological polar surface area (TPSA) is 293 Å². The molecule has 0 fully saturated rings. The van der Waals surface area contributed by atoms with Crippen LogP contribution in [-0.4, -0.2) is 34.5 Å². The van der Waals surface area contributed by atoms with Gasteiger partial charge in [0.15, 0.2) is 11.6 Å². The van der Waals surface area contributed by atoms with E-state index in [0.29, 0.717) is 21.3 Å². The number of hydrogen-bond acceptors (Lipinski definition) is 23. The van der Waals surface area contributed by atoms with E-state index in [1.165, 1.54) is 58.1 Å². The van der Waals surface area contributed by atoms with E-state index in [9.17, 15) is 51.7 Å². The second kappa shape index (κ2) is 20.9. The number of aromatic nitrogens is 2. The summed E-state index contributed by atoms with van der Waals surface area (Å²) in [5, 5.41) is 79.3. The molecule has 0 saturated carbocycles. The van der Waals surface area contributed by atoms with Gasteiger partial charge in [0.1, 0.15) is 93.6 Å². The molecule has 0 unspecified atom stereocenters. The number of benzene rings is 3. The van der Waals surface area contributed by atoms with Crippen molar-refractivity contribution in [3.8, 4) is 120 Å². The van der Waals surface area contributed by atoms with Gasteiger partial charge in [0.25, 0.3) is 0 Å². The van der Waals surface area contributed by atoms with Crippen LogP contribution in [-0.2, 0) is 22.2 Å². The normalized spacial score (nSPS) is 15.2. The Kier molecular flexibility index (Phi) is 13.1. The minimum absolute atomic E-state index is 0.0192. The van der Waals surface area contributed by atoms with Crippen LogP contribution in [0.15, 0.2) is 91.7 Å². The molecular weight excluding hydrogens is 1310 g/mol. The first kappa shape index (κ1) is 57.7. The number of Topliss-reactive ketones (excluding diaryl/α,β-unsaturated/α-hetero) is 2. The molecule has 434 valence electrons. The molecule has 15 rings (SSSR count). The zero-order chi connectivity index (χ0) is 64.1. The van der Waals surface area contributed by atoms with Crippen LogP contribution >= 0.6 is 79.7 Å². The number of nitrogens with zero attached hydrogens (tertiary/aromatic N) is 12. The molecule has 92 heavy (non-hydrogen) atoms. The average Bonchev–Trinajstić information content (AvgIpc) is 1.71. The summed E-state index contributed by atoms with van der Waals surface area (Å²) in [6.45, 7) is 8.87. The summed E-state index contributed by atoms with van der Waals surface area (Å²) in [6.07, 6.45) is 3.28. The van der Waals surface area contributed by atoms with Gasteiger partial charge in [-0.15, -0.1) is 68.0 Å². The third-order valence-corrected chi connectivity index (χ3v) is 25.6. The number of carbonyl (C=O) groups excluding carboxylic acids is 2. The monoisotopic (exact) mass is 1330 g/mol. The zero-order valence-electron chi connectivity index (χ0n) is 48.2. The fourth-order valence-corrected chi connectivity index (χ4v) is 21.8. The molecule has 0 atom stereocenters. The fourth-order valence-electron chi connectivity index (χ4n) is 12.7. The first-order valence-corrected chi connectivity index (χ1v) is 33.8. The standard InChI is InChI=1S/C68H30N12O4S8/c1-67(2)41-15-47(87-61(41)63-43(67)17-49(89-63)65-45(83-5)13-33(85-65)11-39-51(31(23-73)24-74)35-7-27(19-69)29(21-71)9-37(35)59(39)81)53-55-57(79-91-77-55)54(58-56(53)78-92-80-58)48-16-42-62(88-48)64-44(68(42,3)4)18-50(90-64)66-46(84-6)14-34(86-66)12-40-52(32(25-75)26-76)36-8-28(20-70)30(22-72)10-38(36)60(40)82/h7-18H,1-6H3/b39-11-,40-12-. The van der Waals surface area contributed by atoms with Gasteiger partial charge in [0.2, 0.25) is 0 Å². The number of fused-ring (bicyclic) bond motifs is 10. The minimum Gasteiger partial charge on any atom is -0.495 e. The highest BCUT2D eigenvalue weighted by atomic mass is 32.1. The van der Waals surface area contributed by atoms with Crippen molar-refractivity contribution in [1.82, 2.24) is 8.75 Å². The van der Waals surface area contributed by atoms with E-state index in [2.05, 4.69) is 52.0 Å². The number of rotatable bonds is 8. The van der Waals surface area contributed by atoms with Crippen LogP contribution in [0.4, 0.5) is 11.4 Å². The minimum atomic E-state index is -0.469. The lowest BCUT2D eigenvalue weighted by Crippen LogP contribution is -2.13. The Hall–Kier alpha value is -10.7. The second-order valence-corrected chi connectivity index (χ2v) is 29.9. The largest absolute Gasteiger partial charge is 0.495 e. The highest BCUT2D eigenvalue weighted by molar-refractivity contribution is 7.58. The second-order valence-electron chi connectivity index (χ2n) is 22.5. The molecule has 8 heterocycles. The van der Waals surface area contributed by atoms with E-state index in [1.807, 2.05) is 60.7 Å². The van der Waals surface area contributed by atoms with Gasteiger partial charge in [-0.2, -0.15) is 59.6 Å². The molecule has 0 bridgehead atoms. The highest BCUT2D eigenvalue weighted by Gasteiger charge is 2.44. The Morgan fingerprint density at radius 3 is 1.12 bits per heavy atom. The van der Waals surface area contributed by atoms with Crippen LogP contribution in [0, 0.1) is 90.6 Å². The highest BCUT2D eigenvalue weighted by Crippen LogP contribution is 2.64. The summed E-state index contributed by atoms with van der Waals surface area (Å²) in [4.78, 5) is 39.5. The van der Waals surface area contributed by atoms with Gasteiger partial charge in [-0.25, -0.2) is 0 Å². The van der Waals surface area contributed by atoms with Crippen molar-refractivity contribution in [1.29, 1.82) is 42.1 Å². The summed E-state index contributed by atoms with van der Waals surface area (Å²) in [7, 11) is 3.17. The SMILES string of the molecule is COc1cc(/C=C2\C(=O)c3cc(C#N)c(C#N)cc3C2=C(C#N)C#N)sc1-c1cc2c(s1)-c1sc(-c3c4c(c(-c5cc6c(s5)-c5sc(-c7sc(/C=C8\C(=O)c9cc(C#N)c(C#N)cc9C8=C(C#N)C#N)cc7OC)cc5C6(C)C)c5nsnc35)N=S=N4)cc1C2(C)C. The molecule has 7 aromatic heterocycles.